The number of ether oxygens (including phenoxy) is 3. The van der Waals surface area contributed by atoms with Gasteiger partial charge in [0.05, 0.1) is 41.5 Å². The lowest BCUT2D eigenvalue weighted by Crippen LogP contribution is -2.19. The van der Waals surface area contributed by atoms with Crippen LogP contribution in [0.15, 0.2) is 24.3 Å². The van der Waals surface area contributed by atoms with Crippen LogP contribution in [0.2, 0.25) is 0 Å². The minimum Gasteiger partial charge on any atom is -0.493 e. The molecule has 0 radical (unpaired) electrons. The van der Waals surface area contributed by atoms with E-state index in [4.69, 9.17) is 18.3 Å². The normalized spacial score (nSPS) is 17.2. The summed E-state index contributed by atoms with van der Waals surface area (Å²) in [4.78, 5) is 8.60. The van der Waals surface area contributed by atoms with Crippen molar-refractivity contribution in [3.8, 4) is 11.5 Å². The van der Waals surface area contributed by atoms with E-state index in [1.54, 1.807) is 7.11 Å². The van der Waals surface area contributed by atoms with Crippen LogP contribution in [-0.4, -0.2) is 37.3 Å². The Kier molecular flexibility index (Phi) is 5.92. The molecule has 0 saturated heterocycles. The maximum atomic E-state index is 14.8. The first-order chi connectivity index (χ1) is 18.1. The Morgan fingerprint density at radius 1 is 1.11 bits per heavy atom. The second-order valence-corrected chi connectivity index (χ2v) is 8.98. The fourth-order valence-electron chi connectivity index (χ4n) is 4.01. The zero-order chi connectivity index (χ0) is 28.8. The number of halogens is 5. The molecule has 36 heavy (non-hydrogen) atoms. The summed E-state index contributed by atoms with van der Waals surface area (Å²) in [5.41, 5.74) is -2.26. The number of alkyl halides is 3. The molecule has 1 aromatic heterocycles. The Bertz CT molecular complexity index is 1380. The van der Waals surface area contributed by atoms with Crippen molar-refractivity contribution < 1.29 is 40.3 Å². The fraction of sp³-hybridized carbons (Fsp3) is 0.440. The molecule has 0 unspecified atom stereocenters. The number of hydrogen-bond acceptors (Lipinski definition) is 6. The minimum atomic E-state index is -5.09. The van der Waals surface area contributed by atoms with Crippen LogP contribution in [-0.2, 0) is 10.9 Å². The number of methoxy groups -OCH3 is 2. The first-order valence-corrected chi connectivity index (χ1v) is 11.1. The third-order valence-corrected chi connectivity index (χ3v) is 6.12. The number of benzene rings is 2. The van der Waals surface area contributed by atoms with E-state index < -0.39 is 42.0 Å². The fourth-order valence-corrected chi connectivity index (χ4v) is 4.01. The number of rotatable bonds is 9. The molecule has 6 nitrogen and oxygen atoms in total. The van der Waals surface area contributed by atoms with E-state index in [1.165, 1.54) is 26.0 Å². The van der Waals surface area contributed by atoms with Gasteiger partial charge in [0.15, 0.2) is 11.5 Å². The predicted molar refractivity (Wildman–Crippen MR) is 123 cm³/mol. The summed E-state index contributed by atoms with van der Waals surface area (Å²) in [6.45, 7) is 3.55. The molecular formula is C25H26F5N3O3. The van der Waals surface area contributed by atoms with Crippen LogP contribution in [0.4, 0.5) is 27.8 Å². The molecule has 1 aliphatic rings. The van der Waals surface area contributed by atoms with Gasteiger partial charge >= 0.3 is 6.18 Å². The van der Waals surface area contributed by atoms with Gasteiger partial charge < -0.3 is 19.5 Å². The summed E-state index contributed by atoms with van der Waals surface area (Å²) in [5.74, 6) is -2.57. The summed E-state index contributed by atoms with van der Waals surface area (Å²) in [5, 5.41) is 3.13. The van der Waals surface area contributed by atoms with E-state index in [0.717, 1.165) is 12.8 Å². The summed E-state index contributed by atoms with van der Waals surface area (Å²) >= 11 is 0. The molecule has 1 atom stereocenters. The molecular weight excluding hydrogens is 485 g/mol. The summed E-state index contributed by atoms with van der Waals surface area (Å²) < 4.78 is 107. The van der Waals surface area contributed by atoms with Crippen LogP contribution in [0.25, 0.3) is 10.9 Å². The van der Waals surface area contributed by atoms with Gasteiger partial charge in [-0.25, -0.2) is 18.7 Å². The summed E-state index contributed by atoms with van der Waals surface area (Å²) in [6.07, 6.45) is -3.38. The second kappa shape index (κ2) is 9.68. The van der Waals surface area contributed by atoms with Gasteiger partial charge in [0.2, 0.25) is 0 Å². The molecule has 4 rings (SSSR count). The topological polar surface area (TPSA) is 65.5 Å². The predicted octanol–water partition coefficient (Wildman–Crippen LogP) is 6.22. The van der Waals surface area contributed by atoms with Crippen LogP contribution < -0.4 is 14.8 Å². The average molecular weight is 515 g/mol. The Hall–Kier alpha value is -3.21. The van der Waals surface area contributed by atoms with Gasteiger partial charge in [0.1, 0.15) is 23.3 Å². The van der Waals surface area contributed by atoms with Crippen molar-refractivity contribution in [3.63, 3.8) is 0 Å². The number of nitrogens with one attached hydrogen (secondary N) is 1. The van der Waals surface area contributed by atoms with Crippen LogP contribution in [0.5, 0.6) is 11.5 Å². The van der Waals surface area contributed by atoms with Crippen molar-refractivity contribution in [2.24, 2.45) is 5.41 Å². The highest BCUT2D eigenvalue weighted by atomic mass is 19.4. The first-order valence-electron chi connectivity index (χ1n) is 12.6. The number of fused-ring (bicyclic) bond motifs is 1. The molecule has 1 heterocycles. The number of nitrogens with zero attached hydrogens (tertiary/aromatic N) is 2. The highest BCUT2D eigenvalue weighted by Gasteiger charge is 2.44. The van der Waals surface area contributed by atoms with Gasteiger partial charge in [0, 0.05) is 29.5 Å². The van der Waals surface area contributed by atoms with Gasteiger partial charge in [0.25, 0.3) is 0 Å². The van der Waals surface area contributed by atoms with E-state index in [1.807, 2.05) is 0 Å². The minimum absolute atomic E-state index is 0.0699. The van der Waals surface area contributed by atoms with Crippen molar-refractivity contribution in [1.82, 2.24) is 9.97 Å². The third-order valence-electron chi connectivity index (χ3n) is 6.12. The highest BCUT2D eigenvalue weighted by molar-refractivity contribution is 5.92. The van der Waals surface area contributed by atoms with E-state index in [-0.39, 0.29) is 46.7 Å². The zero-order valence-corrected chi connectivity index (χ0v) is 19.7. The molecule has 1 saturated carbocycles. The van der Waals surface area contributed by atoms with Crippen LogP contribution >= 0.6 is 0 Å². The molecule has 0 aliphatic heterocycles. The highest BCUT2D eigenvalue weighted by Crippen LogP contribution is 2.47. The van der Waals surface area contributed by atoms with Crippen LogP contribution in [0.3, 0.4) is 0 Å². The zero-order valence-electron chi connectivity index (χ0n) is 22.7. The second-order valence-electron chi connectivity index (χ2n) is 8.98. The Morgan fingerprint density at radius 2 is 1.86 bits per heavy atom. The largest absolute Gasteiger partial charge is 0.493 e. The SMILES string of the molecule is [2H]C([2H])([2H])Oc1cc2nc(C)nc(N[C@H](C)c3cc(F)cc(C(F)(F)F)c3F)c2cc1OCC1(COC)CC1. The Labute approximate surface area is 209 Å². The molecule has 11 heteroatoms. The van der Waals surface area contributed by atoms with Crippen molar-refractivity contribution in [1.29, 1.82) is 0 Å². The number of anilines is 1. The van der Waals surface area contributed by atoms with Crippen LogP contribution in [0, 0.1) is 24.0 Å². The molecule has 1 aliphatic carbocycles. The molecule has 0 amide bonds. The Balaban J connectivity index is 1.75. The van der Waals surface area contributed by atoms with E-state index >= 15 is 0 Å². The maximum absolute atomic E-state index is 14.8. The Morgan fingerprint density at radius 3 is 2.50 bits per heavy atom. The lowest BCUT2D eigenvalue weighted by Gasteiger charge is -2.21. The van der Waals surface area contributed by atoms with E-state index in [0.29, 0.717) is 18.1 Å². The van der Waals surface area contributed by atoms with Crippen LogP contribution in [0.1, 0.15) is 46.9 Å². The third kappa shape index (κ3) is 5.30. The van der Waals surface area contributed by atoms with Gasteiger partial charge in [-0.1, -0.05) is 0 Å². The molecule has 1 N–H and O–H groups in total. The average Bonchev–Trinajstić information content (AvgIpc) is 3.57. The first kappa shape index (κ1) is 22.0. The van der Waals surface area contributed by atoms with Gasteiger partial charge in [-0.15, -0.1) is 0 Å². The molecule has 1 fully saturated rings. The molecule has 2 aromatic carbocycles. The van der Waals surface area contributed by atoms with Gasteiger partial charge in [-0.2, -0.15) is 13.2 Å². The molecule has 0 spiro atoms. The molecule has 0 bridgehead atoms. The van der Waals surface area contributed by atoms with Crippen molar-refractivity contribution in [3.05, 3.63) is 52.9 Å². The van der Waals surface area contributed by atoms with Crippen molar-refractivity contribution in [2.45, 2.75) is 38.9 Å². The van der Waals surface area contributed by atoms with Gasteiger partial charge in [-0.3, -0.25) is 0 Å². The standard InChI is InChI=1S/C25H26F5N3O3/c1-13(16-7-15(26)8-18(22(16)27)25(28,29)30)31-23-17-9-21(36-12-24(5-6-24)11-34-3)20(35-4)10-19(17)32-14(2)33-23/h7-10,13H,5-6,11-12H2,1-4H3,(H,31,32,33)/t13-/m1/s1/i4D3. The quantitative estimate of drug-likeness (QED) is 0.342. The summed E-state index contributed by atoms with van der Waals surface area (Å²) in [6, 6.07) is 2.42. The van der Waals surface area contributed by atoms with Crippen molar-refractivity contribution in [2.75, 3.05) is 32.7 Å². The molecule has 194 valence electrons. The number of hydrogen-bond donors (Lipinski definition) is 1. The lowest BCUT2D eigenvalue weighted by atomic mass is 10.0. The van der Waals surface area contributed by atoms with Crippen molar-refractivity contribution >= 4 is 16.7 Å². The molecule has 3 aromatic rings. The summed E-state index contributed by atoms with van der Waals surface area (Å²) in [7, 11) is -1.23. The van der Waals surface area contributed by atoms with E-state index in [9.17, 15) is 22.0 Å². The van der Waals surface area contributed by atoms with Gasteiger partial charge in [-0.05, 0) is 44.9 Å². The smallest absolute Gasteiger partial charge is 0.419 e. The monoisotopic (exact) mass is 514 g/mol. The number of aromatic nitrogens is 2. The number of aryl methyl sites for hydroxylation is 1. The van der Waals surface area contributed by atoms with E-state index in [2.05, 4.69) is 15.3 Å². The maximum Gasteiger partial charge on any atom is 0.419 e. The lowest BCUT2D eigenvalue weighted by molar-refractivity contribution is -0.140.